The van der Waals surface area contributed by atoms with E-state index < -0.39 is 0 Å². The van der Waals surface area contributed by atoms with E-state index in [1.54, 1.807) is 0 Å². The largest absolute Gasteiger partial charge is 0.330 e. The predicted molar refractivity (Wildman–Crippen MR) is 105 cm³/mol. The van der Waals surface area contributed by atoms with Gasteiger partial charge < -0.3 is 4.90 Å². The van der Waals surface area contributed by atoms with Gasteiger partial charge in [-0.15, -0.1) is 0 Å². The first kappa shape index (κ1) is 15.4. The molecule has 3 aromatic rings. The van der Waals surface area contributed by atoms with Crippen LogP contribution in [-0.4, -0.2) is 10.8 Å². The van der Waals surface area contributed by atoms with E-state index >= 15 is 0 Å². The van der Waals surface area contributed by atoms with Gasteiger partial charge in [0.15, 0.2) is 0 Å². The van der Waals surface area contributed by atoms with Crippen LogP contribution < -0.4 is 0 Å². The fourth-order valence-electron chi connectivity index (χ4n) is 3.20. The van der Waals surface area contributed by atoms with E-state index in [2.05, 4.69) is 65.1 Å². The number of fused-ring (bicyclic) bond motifs is 1. The fraction of sp³-hybridized carbons (Fsp3) is 0.0952. The molecule has 1 aliphatic rings. The third-order valence-electron chi connectivity index (χ3n) is 4.37. The maximum absolute atomic E-state index is 12.7. The van der Waals surface area contributed by atoms with Crippen LogP contribution in [0.5, 0.6) is 0 Å². The highest BCUT2D eigenvalue weighted by molar-refractivity contribution is 14.1. The molecule has 1 heterocycles. The van der Waals surface area contributed by atoms with E-state index in [1.807, 2.05) is 35.2 Å². The average molecular weight is 425 g/mol. The average Bonchev–Trinajstić information content (AvgIpc) is 2.93. The van der Waals surface area contributed by atoms with Crippen molar-refractivity contribution in [1.29, 1.82) is 0 Å². The fourth-order valence-corrected chi connectivity index (χ4v) is 3.99. The number of hydrogen-bond donors (Lipinski definition) is 0. The van der Waals surface area contributed by atoms with Crippen LogP contribution in [0, 0.1) is 3.57 Å². The number of benzene rings is 3. The van der Waals surface area contributed by atoms with Crippen LogP contribution in [-0.2, 0) is 13.1 Å². The molecule has 1 amide bonds. The second-order valence-electron chi connectivity index (χ2n) is 6.00. The standard InChI is InChI=1S/C21H16INO/c22-19-11-5-10-18-14-23(21(24)20(18)19)13-15-6-4-9-17(12-15)16-7-2-1-3-8-16/h1-12H,13-14H2. The number of amides is 1. The van der Waals surface area contributed by atoms with Gasteiger partial charge in [-0.25, -0.2) is 0 Å². The van der Waals surface area contributed by atoms with Gasteiger partial charge in [-0.2, -0.15) is 0 Å². The molecule has 3 aromatic carbocycles. The van der Waals surface area contributed by atoms with E-state index in [0.29, 0.717) is 13.1 Å². The van der Waals surface area contributed by atoms with Gasteiger partial charge in [0, 0.05) is 16.7 Å². The molecule has 4 rings (SSSR count). The number of carbonyl (C=O) groups is 1. The van der Waals surface area contributed by atoms with E-state index in [4.69, 9.17) is 0 Å². The van der Waals surface area contributed by atoms with Crippen molar-refractivity contribution in [2.24, 2.45) is 0 Å². The Labute approximate surface area is 155 Å². The first-order chi connectivity index (χ1) is 11.7. The van der Waals surface area contributed by atoms with Crippen molar-refractivity contribution in [3.8, 4) is 11.1 Å². The number of rotatable bonds is 3. The highest BCUT2D eigenvalue weighted by Gasteiger charge is 2.29. The van der Waals surface area contributed by atoms with Gasteiger partial charge in [0.2, 0.25) is 0 Å². The van der Waals surface area contributed by atoms with Crippen LogP contribution >= 0.6 is 22.6 Å². The molecule has 2 nitrogen and oxygen atoms in total. The summed E-state index contributed by atoms with van der Waals surface area (Å²) in [6, 6.07) is 24.8. The molecule has 1 aliphatic heterocycles. The maximum atomic E-state index is 12.7. The lowest BCUT2D eigenvalue weighted by atomic mass is 10.0. The Morgan fingerprint density at radius 3 is 2.42 bits per heavy atom. The Morgan fingerprint density at radius 2 is 1.62 bits per heavy atom. The summed E-state index contributed by atoms with van der Waals surface area (Å²) in [7, 11) is 0. The van der Waals surface area contributed by atoms with Crippen molar-refractivity contribution in [3.63, 3.8) is 0 Å². The Hall–Kier alpha value is -2.14. The van der Waals surface area contributed by atoms with Crippen LogP contribution in [0.15, 0.2) is 72.8 Å². The molecule has 0 saturated carbocycles. The van der Waals surface area contributed by atoms with Gasteiger partial charge in [-0.3, -0.25) is 4.79 Å². The smallest absolute Gasteiger partial charge is 0.255 e. The highest BCUT2D eigenvalue weighted by atomic mass is 127. The van der Waals surface area contributed by atoms with Crippen molar-refractivity contribution in [3.05, 3.63) is 93.1 Å². The molecule has 24 heavy (non-hydrogen) atoms. The number of nitrogens with zero attached hydrogens (tertiary/aromatic N) is 1. The Bertz CT molecular complexity index is 905. The molecule has 3 heteroatoms. The molecule has 0 bridgehead atoms. The molecule has 0 unspecified atom stereocenters. The summed E-state index contributed by atoms with van der Waals surface area (Å²) < 4.78 is 1.04. The third-order valence-corrected chi connectivity index (χ3v) is 5.27. The topological polar surface area (TPSA) is 20.3 Å². The van der Waals surface area contributed by atoms with Crippen LogP contribution in [0.2, 0.25) is 0 Å². The zero-order valence-electron chi connectivity index (χ0n) is 13.1. The van der Waals surface area contributed by atoms with Gasteiger partial charge in [0.1, 0.15) is 0 Å². The Kier molecular flexibility index (Phi) is 4.10. The van der Waals surface area contributed by atoms with Gasteiger partial charge in [-0.1, -0.05) is 60.7 Å². The first-order valence-corrected chi connectivity index (χ1v) is 9.01. The molecule has 0 aromatic heterocycles. The van der Waals surface area contributed by atoms with E-state index in [1.165, 1.54) is 11.1 Å². The van der Waals surface area contributed by atoms with Crippen molar-refractivity contribution in [2.45, 2.75) is 13.1 Å². The summed E-state index contributed by atoms with van der Waals surface area (Å²) in [6.07, 6.45) is 0. The van der Waals surface area contributed by atoms with Crippen LogP contribution in [0.4, 0.5) is 0 Å². The molecule has 0 spiro atoms. The van der Waals surface area contributed by atoms with Gasteiger partial charge >= 0.3 is 0 Å². The SMILES string of the molecule is O=C1c2c(I)cccc2CN1Cc1cccc(-c2ccccc2)c1. The Balaban J connectivity index is 1.59. The van der Waals surface area contributed by atoms with E-state index in [0.717, 1.165) is 20.3 Å². The summed E-state index contributed by atoms with van der Waals surface area (Å²) in [6.45, 7) is 1.34. The lowest BCUT2D eigenvalue weighted by molar-refractivity contribution is 0.0766. The van der Waals surface area contributed by atoms with E-state index in [9.17, 15) is 4.79 Å². The van der Waals surface area contributed by atoms with Crippen molar-refractivity contribution < 1.29 is 4.79 Å². The first-order valence-electron chi connectivity index (χ1n) is 7.93. The molecule has 118 valence electrons. The summed E-state index contributed by atoms with van der Waals surface area (Å²) in [5.74, 6) is 0.139. The van der Waals surface area contributed by atoms with Crippen molar-refractivity contribution in [2.75, 3.05) is 0 Å². The number of hydrogen-bond acceptors (Lipinski definition) is 1. The second kappa shape index (κ2) is 6.40. The molecular weight excluding hydrogens is 409 g/mol. The summed E-state index contributed by atoms with van der Waals surface area (Å²) in [4.78, 5) is 14.6. The van der Waals surface area contributed by atoms with Crippen molar-refractivity contribution in [1.82, 2.24) is 4.90 Å². The summed E-state index contributed by atoms with van der Waals surface area (Å²) in [5, 5.41) is 0. The highest BCUT2D eigenvalue weighted by Crippen LogP contribution is 2.29. The lowest BCUT2D eigenvalue weighted by Gasteiger charge is -2.16. The minimum Gasteiger partial charge on any atom is -0.330 e. The maximum Gasteiger partial charge on any atom is 0.255 e. The van der Waals surface area contributed by atoms with Crippen LogP contribution in [0.1, 0.15) is 21.5 Å². The molecule has 0 N–H and O–H groups in total. The van der Waals surface area contributed by atoms with E-state index in [-0.39, 0.29) is 5.91 Å². The minimum atomic E-state index is 0.139. The predicted octanol–water partition coefficient (Wildman–Crippen LogP) is 5.11. The zero-order valence-corrected chi connectivity index (χ0v) is 15.2. The van der Waals surface area contributed by atoms with Gasteiger partial charge in [-0.05, 0) is 57.0 Å². The number of carbonyl (C=O) groups excluding carboxylic acids is 1. The monoisotopic (exact) mass is 425 g/mol. The Morgan fingerprint density at radius 1 is 0.875 bits per heavy atom. The second-order valence-corrected chi connectivity index (χ2v) is 7.16. The van der Waals surface area contributed by atoms with Crippen LogP contribution in [0.25, 0.3) is 11.1 Å². The molecule has 0 aliphatic carbocycles. The molecule has 0 radical (unpaired) electrons. The molecular formula is C21H16INO. The van der Waals surface area contributed by atoms with Gasteiger partial charge in [0.25, 0.3) is 5.91 Å². The summed E-state index contributed by atoms with van der Waals surface area (Å²) in [5.41, 5.74) is 5.55. The molecule has 0 atom stereocenters. The zero-order chi connectivity index (χ0) is 16.5. The number of halogens is 1. The normalized spacial score (nSPS) is 13.2. The van der Waals surface area contributed by atoms with Crippen molar-refractivity contribution >= 4 is 28.5 Å². The molecule has 0 saturated heterocycles. The van der Waals surface area contributed by atoms with Gasteiger partial charge in [0.05, 0.1) is 5.56 Å². The van der Waals surface area contributed by atoms with Crippen LogP contribution in [0.3, 0.4) is 0 Å². The minimum absolute atomic E-state index is 0.139. The molecule has 0 fully saturated rings. The lowest BCUT2D eigenvalue weighted by Crippen LogP contribution is -2.23. The third kappa shape index (κ3) is 2.84. The summed E-state index contributed by atoms with van der Waals surface area (Å²) >= 11 is 2.25. The quantitative estimate of drug-likeness (QED) is 0.534.